The molecule has 0 aliphatic rings. The van der Waals surface area contributed by atoms with Crippen molar-refractivity contribution in [2.45, 2.75) is 6.92 Å². The number of hydrogen-bond acceptors (Lipinski definition) is 2. The van der Waals surface area contributed by atoms with Crippen LogP contribution in [0.15, 0.2) is 36.4 Å². The van der Waals surface area contributed by atoms with Crippen LogP contribution in [0.5, 0.6) is 0 Å². The minimum Gasteiger partial charge on any atom is -0.398 e. The molecule has 3 N–H and O–H groups in total. The van der Waals surface area contributed by atoms with Crippen LogP contribution in [-0.4, -0.2) is 5.91 Å². The number of amides is 1. The van der Waals surface area contributed by atoms with Crippen LogP contribution >= 0.6 is 11.6 Å². The van der Waals surface area contributed by atoms with Crippen LogP contribution in [0.25, 0.3) is 0 Å². The van der Waals surface area contributed by atoms with E-state index in [9.17, 15) is 9.18 Å². The van der Waals surface area contributed by atoms with Crippen molar-refractivity contribution in [2.24, 2.45) is 0 Å². The molecule has 19 heavy (non-hydrogen) atoms. The number of hydrogen-bond donors (Lipinski definition) is 2. The Kier molecular flexibility index (Phi) is 3.71. The molecule has 0 saturated heterocycles. The van der Waals surface area contributed by atoms with Crippen LogP contribution in [0.2, 0.25) is 5.02 Å². The van der Waals surface area contributed by atoms with Crippen LogP contribution < -0.4 is 11.1 Å². The van der Waals surface area contributed by atoms with E-state index in [4.69, 9.17) is 17.3 Å². The molecule has 0 unspecified atom stereocenters. The summed E-state index contributed by atoms with van der Waals surface area (Å²) >= 11 is 5.76. The van der Waals surface area contributed by atoms with E-state index in [0.717, 1.165) is 5.56 Å². The van der Waals surface area contributed by atoms with E-state index in [1.54, 1.807) is 18.2 Å². The van der Waals surface area contributed by atoms with Crippen molar-refractivity contribution in [3.05, 3.63) is 58.4 Å². The summed E-state index contributed by atoms with van der Waals surface area (Å²) in [7, 11) is 0. The van der Waals surface area contributed by atoms with Gasteiger partial charge in [0, 0.05) is 10.7 Å². The zero-order chi connectivity index (χ0) is 14.0. The SMILES string of the molecule is Cc1ccc(N)c(C(=O)Nc2cc(Cl)ccc2F)c1. The number of rotatable bonds is 2. The summed E-state index contributed by atoms with van der Waals surface area (Å²) in [4.78, 5) is 12.0. The zero-order valence-electron chi connectivity index (χ0n) is 10.2. The van der Waals surface area contributed by atoms with Crippen molar-refractivity contribution in [2.75, 3.05) is 11.1 Å². The predicted molar refractivity (Wildman–Crippen MR) is 75.0 cm³/mol. The molecule has 3 nitrogen and oxygen atoms in total. The van der Waals surface area contributed by atoms with Gasteiger partial charge >= 0.3 is 0 Å². The van der Waals surface area contributed by atoms with Crippen molar-refractivity contribution in [1.82, 2.24) is 0 Å². The summed E-state index contributed by atoms with van der Waals surface area (Å²) in [5.74, 6) is -1.02. The largest absolute Gasteiger partial charge is 0.398 e. The second kappa shape index (κ2) is 5.28. The van der Waals surface area contributed by atoms with Gasteiger partial charge in [0.2, 0.25) is 0 Å². The fourth-order valence-electron chi connectivity index (χ4n) is 1.65. The molecule has 0 aliphatic carbocycles. The standard InChI is InChI=1S/C14H12ClFN2O/c1-8-2-5-12(17)10(6-8)14(19)18-13-7-9(15)3-4-11(13)16/h2-7H,17H2,1H3,(H,18,19). The number of nitrogens with one attached hydrogen (secondary N) is 1. The maximum Gasteiger partial charge on any atom is 0.257 e. The zero-order valence-corrected chi connectivity index (χ0v) is 11.0. The Labute approximate surface area is 115 Å². The Morgan fingerprint density at radius 3 is 2.74 bits per heavy atom. The van der Waals surface area contributed by atoms with Gasteiger partial charge in [0.05, 0.1) is 11.3 Å². The van der Waals surface area contributed by atoms with Crippen LogP contribution in [0, 0.1) is 12.7 Å². The molecule has 0 saturated carbocycles. The van der Waals surface area contributed by atoms with Crippen molar-refractivity contribution >= 4 is 28.9 Å². The molecule has 5 heteroatoms. The summed E-state index contributed by atoms with van der Waals surface area (Å²) in [6, 6.07) is 9.03. The van der Waals surface area contributed by atoms with E-state index in [1.165, 1.54) is 18.2 Å². The van der Waals surface area contributed by atoms with Gasteiger partial charge in [-0.15, -0.1) is 0 Å². The second-order valence-corrected chi connectivity index (χ2v) is 4.61. The highest BCUT2D eigenvalue weighted by Crippen LogP contribution is 2.21. The summed E-state index contributed by atoms with van der Waals surface area (Å²) in [5, 5.41) is 2.80. The maximum absolute atomic E-state index is 13.5. The lowest BCUT2D eigenvalue weighted by molar-refractivity contribution is 0.102. The van der Waals surface area contributed by atoms with Gasteiger partial charge in [0.25, 0.3) is 5.91 Å². The molecule has 0 fully saturated rings. The molecular weight excluding hydrogens is 267 g/mol. The van der Waals surface area contributed by atoms with E-state index in [0.29, 0.717) is 16.3 Å². The molecule has 2 aromatic carbocycles. The number of carbonyl (C=O) groups is 1. The molecular formula is C14H12ClFN2O. The second-order valence-electron chi connectivity index (χ2n) is 4.17. The third kappa shape index (κ3) is 3.03. The Balaban J connectivity index is 2.30. The summed E-state index contributed by atoms with van der Waals surface area (Å²) in [6.07, 6.45) is 0. The first kappa shape index (κ1) is 13.4. The van der Waals surface area contributed by atoms with Crippen molar-refractivity contribution < 1.29 is 9.18 Å². The van der Waals surface area contributed by atoms with Crippen molar-refractivity contribution in [3.8, 4) is 0 Å². The number of carbonyl (C=O) groups excluding carboxylic acids is 1. The van der Waals surface area contributed by atoms with Gasteiger partial charge in [0.15, 0.2) is 0 Å². The highest BCUT2D eigenvalue weighted by Gasteiger charge is 2.12. The molecule has 0 aliphatic heterocycles. The highest BCUT2D eigenvalue weighted by molar-refractivity contribution is 6.31. The van der Waals surface area contributed by atoms with Gasteiger partial charge in [-0.2, -0.15) is 0 Å². The fourth-order valence-corrected chi connectivity index (χ4v) is 1.82. The quantitative estimate of drug-likeness (QED) is 0.824. The van der Waals surface area contributed by atoms with E-state index >= 15 is 0 Å². The van der Waals surface area contributed by atoms with Gasteiger partial charge in [-0.25, -0.2) is 4.39 Å². The Hall–Kier alpha value is -2.07. The minimum absolute atomic E-state index is 0.0263. The maximum atomic E-state index is 13.5. The molecule has 0 heterocycles. The van der Waals surface area contributed by atoms with Crippen molar-refractivity contribution in [1.29, 1.82) is 0 Å². The van der Waals surface area contributed by atoms with E-state index in [2.05, 4.69) is 5.32 Å². The molecule has 2 aromatic rings. The summed E-state index contributed by atoms with van der Waals surface area (Å²) < 4.78 is 13.5. The number of halogens is 2. The van der Waals surface area contributed by atoms with Gasteiger partial charge in [-0.3, -0.25) is 4.79 Å². The van der Waals surface area contributed by atoms with E-state index in [-0.39, 0.29) is 5.69 Å². The van der Waals surface area contributed by atoms with Gasteiger partial charge in [0.1, 0.15) is 5.82 Å². The fraction of sp³-hybridized carbons (Fsp3) is 0.0714. The average molecular weight is 279 g/mol. The van der Waals surface area contributed by atoms with E-state index < -0.39 is 11.7 Å². The lowest BCUT2D eigenvalue weighted by atomic mass is 10.1. The molecule has 0 spiro atoms. The van der Waals surface area contributed by atoms with Gasteiger partial charge in [-0.05, 0) is 37.3 Å². The van der Waals surface area contributed by atoms with Gasteiger partial charge in [-0.1, -0.05) is 23.2 Å². The lowest BCUT2D eigenvalue weighted by Crippen LogP contribution is -2.15. The van der Waals surface area contributed by atoms with Crippen LogP contribution in [0.4, 0.5) is 15.8 Å². The molecule has 2 rings (SSSR count). The summed E-state index contributed by atoms with van der Waals surface area (Å²) in [5.41, 5.74) is 7.30. The average Bonchev–Trinajstić information content (AvgIpc) is 2.36. The first-order valence-electron chi connectivity index (χ1n) is 5.60. The highest BCUT2D eigenvalue weighted by atomic mass is 35.5. The summed E-state index contributed by atoms with van der Waals surface area (Å²) in [6.45, 7) is 1.84. The molecule has 98 valence electrons. The van der Waals surface area contributed by atoms with Crippen LogP contribution in [0.1, 0.15) is 15.9 Å². The predicted octanol–water partition coefficient (Wildman–Crippen LogP) is 3.62. The Morgan fingerprint density at radius 1 is 1.26 bits per heavy atom. The first-order chi connectivity index (χ1) is 8.97. The Morgan fingerprint density at radius 2 is 2.00 bits per heavy atom. The third-order valence-electron chi connectivity index (χ3n) is 2.63. The number of benzene rings is 2. The number of nitrogens with two attached hydrogens (primary N) is 1. The van der Waals surface area contributed by atoms with Gasteiger partial charge < -0.3 is 11.1 Å². The number of aryl methyl sites for hydroxylation is 1. The minimum atomic E-state index is -0.552. The van der Waals surface area contributed by atoms with E-state index in [1.807, 2.05) is 6.92 Å². The number of nitrogen functional groups attached to an aromatic ring is 1. The molecule has 1 amide bonds. The van der Waals surface area contributed by atoms with Crippen LogP contribution in [-0.2, 0) is 0 Å². The third-order valence-corrected chi connectivity index (χ3v) is 2.87. The molecule has 0 bridgehead atoms. The molecule has 0 atom stereocenters. The smallest absolute Gasteiger partial charge is 0.257 e. The lowest BCUT2D eigenvalue weighted by Gasteiger charge is -2.09. The Bertz CT molecular complexity index is 643. The monoisotopic (exact) mass is 278 g/mol. The topological polar surface area (TPSA) is 55.1 Å². The normalized spacial score (nSPS) is 10.3. The molecule has 0 aromatic heterocycles. The van der Waals surface area contributed by atoms with Crippen LogP contribution in [0.3, 0.4) is 0 Å². The first-order valence-corrected chi connectivity index (χ1v) is 5.97. The van der Waals surface area contributed by atoms with Crippen molar-refractivity contribution in [3.63, 3.8) is 0 Å². The molecule has 0 radical (unpaired) electrons. The number of anilines is 2.